The van der Waals surface area contributed by atoms with E-state index >= 15 is 0 Å². The molecule has 35 heavy (non-hydrogen) atoms. The van der Waals surface area contributed by atoms with E-state index in [-0.39, 0.29) is 35.2 Å². The lowest BCUT2D eigenvalue weighted by Crippen LogP contribution is -2.38. The Morgan fingerprint density at radius 2 is 2.00 bits per heavy atom. The van der Waals surface area contributed by atoms with Crippen molar-refractivity contribution in [3.63, 3.8) is 0 Å². The highest BCUT2D eigenvalue weighted by Gasteiger charge is 2.35. The van der Waals surface area contributed by atoms with Crippen LogP contribution >= 0.6 is 0 Å². The maximum absolute atomic E-state index is 13.9. The normalized spacial score (nSPS) is 14.8. The second kappa shape index (κ2) is 9.94. The van der Waals surface area contributed by atoms with Crippen molar-refractivity contribution in [1.82, 2.24) is 19.4 Å². The van der Waals surface area contributed by atoms with Crippen molar-refractivity contribution in [2.24, 2.45) is 13.0 Å². The number of pyridine rings is 1. The molecule has 4 rings (SSSR count). The number of ether oxygens (including phenoxy) is 1. The molecule has 1 amide bonds. The molecule has 7 nitrogen and oxygen atoms in total. The number of halogens is 3. The Morgan fingerprint density at radius 1 is 1.26 bits per heavy atom. The highest BCUT2D eigenvalue weighted by atomic mass is 19.4. The van der Waals surface area contributed by atoms with Gasteiger partial charge in [0.25, 0.3) is 0 Å². The standard InChI is InChI=1S/C25H26F3N5O2/c1-3-23(34)33-9-6-16(7-10-33)8-11-35-22-5-4-17(12-18(22)25(26,27)28)19-13-21-24(20(14-29)31-19)30-15-32(21)2/h4-5,12-13,15-16H,3,6-11H2,1-2H3. The zero-order valence-electron chi connectivity index (χ0n) is 19.6. The number of alkyl halides is 3. The van der Waals surface area contributed by atoms with Gasteiger partial charge in [-0.05, 0) is 49.4 Å². The summed E-state index contributed by atoms with van der Waals surface area (Å²) < 4.78 is 48.9. The summed E-state index contributed by atoms with van der Waals surface area (Å²) in [6, 6.07) is 7.42. The number of nitrogens with zero attached hydrogens (tertiary/aromatic N) is 5. The zero-order valence-corrected chi connectivity index (χ0v) is 19.6. The summed E-state index contributed by atoms with van der Waals surface area (Å²) >= 11 is 0. The number of carbonyl (C=O) groups excluding carboxylic acids is 1. The van der Waals surface area contributed by atoms with Crippen LogP contribution in [0.3, 0.4) is 0 Å². The van der Waals surface area contributed by atoms with Crippen LogP contribution in [0.15, 0.2) is 30.6 Å². The molecule has 0 N–H and O–H groups in total. The fourth-order valence-electron chi connectivity index (χ4n) is 4.42. The Balaban J connectivity index is 1.51. The minimum Gasteiger partial charge on any atom is -0.493 e. The van der Waals surface area contributed by atoms with E-state index in [4.69, 9.17) is 4.74 Å². The van der Waals surface area contributed by atoms with E-state index in [1.165, 1.54) is 18.5 Å². The van der Waals surface area contributed by atoms with Gasteiger partial charge in [0, 0.05) is 32.1 Å². The van der Waals surface area contributed by atoms with Crippen molar-refractivity contribution < 1.29 is 22.7 Å². The first-order valence-electron chi connectivity index (χ1n) is 11.6. The molecule has 1 aromatic carbocycles. The van der Waals surface area contributed by atoms with Crippen LogP contribution in [0.5, 0.6) is 5.75 Å². The number of hydrogen-bond donors (Lipinski definition) is 0. The number of aromatic nitrogens is 3. The molecule has 184 valence electrons. The number of benzene rings is 1. The van der Waals surface area contributed by atoms with E-state index in [2.05, 4.69) is 9.97 Å². The minimum absolute atomic E-state index is 0.0543. The molecule has 0 bridgehead atoms. The Morgan fingerprint density at radius 3 is 2.66 bits per heavy atom. The molecule has 0 aliphatic carbocycles. The van der Waals surface area contributed by atoms with Gasteiger partial charge in [0.15, 0.2) is 5.69 Å². The van der Waals surface area contributed by atoms with Gasteiger partial charge in [0.2, 0.25) is 5.91 Å². The van der Waals surface area contributed by atoms with Crippen molar-refractivity contribution in [3.05, 3.63) is 41.9 Å². The van der Waals surface area contributed by atoms with Gasteiger partial charge in [0.05, 0.1) is 29.7 Å². The number of rotatable bonds is 6. The summed E-state index contributed by atoms with van der Waals surface area (Å²) in [7, 11) is 1.74. The van der Waals surface area contributed by atoms with E-state index in [0.717, 1.165) is 18.9 Å². The second-order valence-corrected chi connectivity index (χ2v) is 8.71. The number of nitriles is 1. The highest BCUT2D eigenvalue weighted by Crippen LogP contribution is 2.39. The van der Waals surface area contributed by atoms with Crippen LogP contribution in [0, 0.1) is 17.2 Å². The average Bonchev–Trinajstić information content (AvgIpc) is 3.23. The van der Waals surface area contributed by atoms with Crippen LogP contribution in [-0.4, -0.2) is 45.0 Å². The Kier molecular flexibility index (Phi) is 6.96. The van der Waals surface area contributed by atoms with E-state index in [0.29, 0.717) is 42.9 Å². The number of piperidine rings is 1. The first-order chi connectivity index (χ1) is 16.7. The summed E-state index contributed by atoms with van der Waals surface area (Å²) in [4.78, 5) is 22.0. The van der Waals surface area contributed by atoms with E-state index < -0.39 is 11.7 Å². The first-order valence-corrected chi connectivity index (χ1v) is 11.6. The van der Waals surface area contributed by atoms with Crippen molar-refractivity contribution >= 4 is 16.9 Å². The summed E-state index contributed by atoms with van der Waals surface area (Å²) in [6.45, 7) is 3.35. The van der Waals surface area contributed by atoms with Gasteiger partial charge in [-0.25, -0.2) is 9.97 Å². The molecular weight excluding hydrogens is 459 g/mol. The fraction of sp³-hybridized carbons (Fsp3) is 0.440. The smallest absolute Gasteiger partial charge is 0.419 e. The first kappa shape index (κ1) is 24.5. The van der Waals surface area contributed by atoms with Gasteiger partial charge >= 0.3 is 6.18 Å². The third-order valence-corrected chi connectivity index (χ3v) is 6.45. The lowest BCUT2D eigenvalue weighted by Gasteiger charge is -2.31. The van der Waals surface area contributed by atoms with Crippen LogP contribution in [-0.2, 0) is 18.0 Å². The molecule has 1 fully saturated rings. The Hall–Kier alpha value is -3.61. The second-order valence-electron chi connectivity index (χ2n) is 8.71. The molecule has 0 unspecified atom stereocenters. The van der Waals surface area contributed by atoms with E-state index in [9.17, 15) is 23.2 Å². The van der Waals surface area contributed by atoms with Crippen molar-refractivity contribution in [3.8, 4) is 23.1 Å². The molecule has 3 heterocycles. The van der Waals surface area contributed by atoms with Gasteiger partial charge in [-0.1, -0.05) is 6.92 Å². The minimum atomic E-state index is -4.62. The van der Waals surface area contributed by atoms with Crippen molar-refractivity contribution in [2.45, 2.75) is 38.8 Å². The highest BCUT2D eigenvalue weighted by molar-refractivity contribution is 5.84. The van der Waals surface area contributed by atoms with Gasteiger partial charge in [-0.2, -0.15) is 18.4 Å². The number of likely N-dealkylation sites (tertiary alicyclic amines) is 1. The lowest BCUT2D eigenvalue weighted by molar-refractivity contribution is -0.139. The predicted molar refractivity (Wildman–Crippen MR) is 123 cm³/mol. The average molecular weight is 486 g/mol. The summed E-state index contributed by atoms with van der Waals surface area (Å²) in [6.07, 6.45) is -0.343. The number of aryl methyl sites for hydroxylation is 1. The van der Waals surface area contributed by atoms with Crippen LogP contribution in [0.25, 0.3) is 22.3 Å². The van der Waals surface area contributed by atoms with Gasteiger partial charge < -0.3 is 14.2 Å². The van der Waals surface area contributed by atoms with Crippen LogP contribution in [0.1, 0.15) is 43.9 Å². The third-order valence-electron chi connectivity index (χ3n) is 6.45. The molecule has 1 aliphatic rings. The number of amides is 1. The molecule has 0 radical (unpaired) electrons. The van der Waals surface area contributed by atoms with E-state index in [1.54, 1.807) is 17.7 Å². The van der Waals surface area contributed by atoms with Gasteiger partial charge in [0.1, 0.15) is 17.3 Å². The molecule has 0 atom stereocenters. The molecule has 3 aromatic rings. The predicted octanol–water partition coefficient (Wildman–Crippen LogP) is 4.94. The van der Waals surface area contributed by atoms with Crippen LogP contribution < -0.4 is 4.74 Å². The number of carbonyl (C=O) groups is 1. The molecule has 10 heteroatoms. The SMILES string of the molecule is CCC(=O)N1CCC(CCOc2ccc(-c3cc4c(ncn4C)c(C#N)n3)cc2C(F)(F)F)CC1. The molecule has 2 aromatic heterocycles. The monoisotopic (exact) mass is 485 g/mol. The number of fused-ring (bicyclic) bond motifs is 1. The van der Waals surface area contributed by atoms with Crippen LogP contribution in [0.2, 0.25) is 0 Å². The van der Waals surface area contributed by atoms with Crippen LogP contribution in [0.4, 0.5) is 13.2 Å². The van der Waals surface area contributed by atoms with Crippen molar-refractivity contribution in [1.29, 1.82) is 5.26 Å². The number of imidazole rings is 1. The number of hydrogen-bond acceptors (Lipinski definition) is 5. The molecule has 1 saturated heterocycles. The summed E-state index contributed by atoms with van der Waals surface area (Å²) in [5, 5.41) is 9.42. The van der Waals surface area contributed by atoms with Gasteiger partial charge in [-0.15, -0.1) is 0 Å². The summed E-state index contributed by atoms with van der Waals surface area (Å²) in [5.74, 6) is 0.208. The fourth-order valence-corrected chi connectivity index (χ4v) is 4.42. The largest absolute Gasteiger partial charge is 0.493 e. The Labute approximate surface area is 201 Å². The zero-order chi connectivity index (χ0) is 25.2. The quantitative estimate of drug-likeness (QED) is 0.494. The molecule has 0 saturated carbocycles. The topological polar surface area (TPSA) is 84.0 Å². The molecular formula is C25H26F3N5O2. The molecule has 0 spiro atoms. The Bertz CT molecular complexity index is 1270. The third kappa shape index (κ3) is 5.24. The molecule has 1 aliphatic heterocycles. The summed E-state index contributed by atoms with van der Waals surface area (Å²) in [5.41, 5.74) is 0.662. The maximum atomic E-state index is 13.9. The van der Waals surface area contributed by atoms with E-state index in [1.807, 2.05) is 17.9 Å². The van der Waals surface area contributed by atoms with Gasteiger partial charge in [-0.3, -0.25) is 4.79 Å². The maximum Gasteiger partial charge on any atom is 0.419 e. The van der Waals surface area contributed by atoms with Crippen molar-refractivity contribution in [2.75, 3.05) is 19.7 Å². The lowest BCUT2D eigenvalue weighted by atomic mass is 9.94.